The van der Waals surface area contributed by atoms with Gasteiger partial charge in [-0.05, 0) is 26.3 Å². The van der Waals surface area contributed by atoms with E-state index in [1.165, 1.54) is 5.56 Å². The van der Waals surface area contributed by atoms with Crippen molar-refractivity contribution in [1.82, 2.24) is 9.88 Å². The van der Waals surface area contributed by atoms with Crippen molar-refractivity contribution in [2.45, 2.75) is 27.3 Å². The van der Waals surface area contributed by atoms with Crippen molar-refractivity contribution in [3.63, 3.8) is 0 Å². The largest absolute Gasteiger partial charge is 0.492 e. The maximum absolute atomic E-state index is 6.11. The van der Waals surface area contributed by atoms with Crippen molar-refractivity contribution in [3.8, 4) is 5.75 Å². The summed E-state index contributed by atoms with van der Waals surface area (Å²) in [6.45, 7) is 13.9. The summed E-state index contributed by atoms with van der Waals surface area (Å²) in [5.74, 6) is 1.81. The van der Waals surface area contributed by atoms with Crippen LogP contribution < -0.4 is 9.64 Å². The number of aliphatic imine (C=N–C) groups is 1. The van der Waals surface area contributed by atoms with Crippen LogP contribution in [0.4, 0.5) is 5.82 Å². The van der Waals surface area contributed by atoms with Crippen molar-refractivity contribution >= 4 is 12.0 Å². The molecule has 1 saturated heterocycles. The van der Waals surface area contributed by atoms with Crippen LogP contribution in [0.3, 0.4) is 0 Å². The van der Waals surface area contributed by atoms with Crippen molar-refractivity contribution in [3.05, 3.63) is 53.2 Å². The van der Waals surface area contributed by atoms with E-state index in [1.54, 1.807) is 0 Å². The van der Waals surface area contributed by atoms with Gasteiger partial charge in [-0.15, -0.1) is 0 Å². The van der Waals surface area contributed by atoms with Gasteiger partial charge in [0.2, 0.25) is 0 Å². The van der Waals surface area contributed by atoms with E-state index in [2.05, 4.69) is 59.8 Å². The normalized spacial score (nSPS) is 14.9. The highest BCUT2D eigenvalue weighted by atomic mass is 16.5. The molecule has 2 heterocycles. The van der Waals surface area contributed by atoms with Crippen LogP contribution in [-0.2, 0) is 11.3 Å². The van der Waals surface area contributed by atoms with Crippen LogP contribution in [0.15, 0.2) is 41.4 Å². The lowest BCUT2D eigenvalue weighted by Gasteiger charge is -2.26. The number of benzene rings is 1. The highest BCUT2D eigenvalue weighted by Crippen LogP contribution is 2.21. The number of hydrogen-bond acceptors (Lipinski definition) is 6. The molecule has 6 heteroatoms. The smallest absolute Gasteiger partial charge is 0.132 e. The molecular formula is C24H34N4O2. The standard InChI is InChI=1S/C24H34N4O2/c1-4-28(5-2)24-17-23(30-14-11-27-9-12-29-13-10-27)16-22(26-24)19-25-18-21-8-6-7-20(3)15-21/h6-8,15-18H,4-5,9-14,19H2,1-3H3. The monoisotopic (exact) mass is 410 g/mol. The third-order valence-corrected chi connectivity index (χ3v) is 5.24. The minimum atomic E-state index is 0.531. The Balaban J connectivity index is 1.67. The predicted octanol–water partition coefficient (Wildman–Crippen LogP) is 3.57. The molecule has 0 unspecified atom stereocenters. The quantitative estimate of drug-likeness (QED) is 0.561. The Kier molecular flexibility index (Phi) is 8.66. The van der Waals surface area contributed by atoms with E-state index in [1.807, 2.05) is 18.3 Å². The van der Waals surface area contributed by atoms with Crippen molar-refractivity contribution < 1.29 is 9.47 Å². The summed E-state index contributed by atoms with van der Waals surface area (Å²) < 4.78 is 11.5. The van der Waals surface area contributed by atoms with Gasteiger partial charge in [-0.25, -0.2) is 4.98 Å². The second-order valence-corrected chi connectivity index (χ2v) is 7.51. The number of morpholine rings is 1. The van der Waals surface area contributed by atoms with Crippen molar-refractivity contribution in [1.29, 1.82) is 0 Å². The number of pyridine rings is 1. The number of anilines is 1. The molecule has 1 fully saturated rings. The van der Waals surface area contributed by atoms with E-state index in [-0.39, 0.29) is 0 Å². The molecule has 1 aliphatic rings. The maximum atomic E-state index is 6.11. The molecule has 0 radical (unpaired) electrons. The molecule has 0 saturated carbocycles. The molecule has 0 spiro atoms. The van der Waals surface area contributed by atoms with Gasteiger partial charge in [0.25, 0.3) is 0 Å². The predicted molar refractivity (Wildman–Crippen MR) is 123 cm³/mol. The average molecular weight is 411 g/mol. The maximum Gasteiger partial charge on any atom is 0.132 e. The van der Waals surface area contributed by atoms with Gasteiger partial charge in [0.05, 0.1) is 25.5 Å². The Bertz CT molecular complexity index is 815. The highest BCUT2D eigenvalue weighted by Gasteiger charge is 2.12. The van der Waals surface area contributed by atoms with E-state index < -0.39 is 0 Å². The van der Waals surface area contributed by atoms with Gasteiger partial charge in [0.1, 0.15) is 18.2 Å². The lowest BCUT2D eigenvalue weighted by atomic mass is 10.1. The first kappa shape index (κ1) is 22.2. The Hall–Kier alpha value is -2.44. The first-order valence-electron chi connectivity index (χ1n) is 10.9. The molecule has 1 aliphatic heterocycles. The first-order chi connectivity index (χ1) is 14.7. The molecule has 0 aliphatic carbocycles. The van der Waals surface area contributed by atoms with E-state index in [9.17, 15) is 0 Å². The van der Waals surface area contributed by atoms with Crippen LogP contribution in [-0.4, -0.2) is 68.6 Å². The third-order valence-electron chi connectivity index (χ3n) is 5.24. The minimum absolute atomic E-state index is 0.531. The fourth-order valence-corrected chi connectivity index (χ4v) is 3.53. The summed E-state index contributed by atoms with van der Waals surface area (Å²) in [5, 5.41) is 0. The molecule has 0 N–H and O–H groups in total. The van der Waals surface area contributed by atoms with Gasteiger partial charge in [-0.1, -0.05) is 29.8 Å². The van der Waals surface area contributed by atoms with Gasteiger partial charge in [-0.2, -0.15) is 0 Å². The lowest BCUT2D eigenvalue weighted by Crippen LogP contribution is -2.38. The molecule has 6 nitrogen and oxygen atoms in total. The van der Waals surface area contributed by atoms with Crippen LogP contribution >= 0.6 is 0 Å². The summed E-state index contributed by atoms with van der Waals surface area (Å²) in [7, 11) is 0. The summed E-state index contributed by atoms with van der Waals surface area (Å²) in [6, 6.07) is 12.4. The molecular weight excluding hydrogens is 376 g/mol. The fourth-order valence-electron chi connectivity index (χ4n) is 3.53. The van der Waals surface area contributed by atoms with Gasteiger partial charge in [0.15, 0.2) is 0 Å². The van der Waals surface area contributed by atoms with Gasteiger partial charge in [0, 0.05) is 51.1 Å². The van der Waals surface area contributed by atoms with Gasteiger partial charge in [-0.3, -0.25) is 9.89 Å². The second-order valence-electron chi connectivity index (χ2n) is 7.51. The SMILES string of the molecule is CCN(CC)c1cc(OCCN2CCOCC2)cc(CN=Cc2cccc(C)c2)n1. The Morgan fingerprint density at radius 1 is 1.17 bits per heavy atom. The van der Waals surface area contributed by atoms with Crippen LogP contribution in [0, 0.1) is 6.92 Å². The Labute approximate surface area is 180 Å². The molecule has 2 aromatic rings. The topological polar surface area (TPSA) is 50.2 Å². The molecule has 3 rings (SSSR count). The summed E-state index contributed by atoms with van der Waals surface area (Å²) in [4.78, 5) is 14.1. The van der Waals surface area contributed by atoms with Gasteiger partial charge < -0.3 is 14.4 Å². The summed E-state index contributed by atoms with van der Waals surface area (Å²) in [5.41, 5.74) is 3.26. The molecule has 1 aromatic carbocycles. The number of aromatic nitrogens is 1. The number of hydrogen-bond donors (Lipinski definition) is 0. The molecule has 0 bridgehead atoms. The summed E-state index contributed by atoms with van der Waals surface area (Å²) >= 11 is 0. The van der Waals surface area contributed by atoms with Crippen molar-refractivity contribution in [2.24, 2.45) is 4.99 Å². The van der Waals surface area contributed by atoms with E-state index in [0.29, 0.717) is 13.2 Å². The third kappa shape index (κ3) is 6.82. The highest BCUT2D eigenvalue weighted by molar-refractivity contribution is 5.79. The van der Waals surface area contributed by atoms with E-state index >= 15 is 0 Å². The minimum Gasteiger partial charge on any atom is -0.492 e. The molecule has 0 amide bonds. The number of rotatable bonds is 10. The average Bonchev–Trinajstić information content (AvgIpc) is 2.75. The number of nitrogens with zero attached hydrogens (tertiary/aromatic N) is 4. The Morgan fingerprint density at radius 3 is 2.70 bits per heavy atom. The van der Waals surface area contributed by atoms with E-state index in [0.717, 1.165) is 68.8 Å². The van der Waals surface area contributed by atoms with Crippen molar-refractivity contribution in [2.75, 3.05) is 57.4 Å². The zero-order valence-corrected chi connectivity index (χ0v) is 18.5. The second kappa shape index (κ2) is 11.7. The summed E-state index contributed by atoms with van der Waals surface area (Å²) in [6.07, 6.45) is 1.91. The molecule has 162 valence electrons. The molecule has 30 heavy (non-hydrogen) atoms. The zero-order chi connectivity index (χ0) is 21.2. The van der Waals surface area contributed by atoms with Crippen LogP contribution in [0.1, 0.15) is 30.7 Å². The Morgan fingerprint density at radius 2 is 1.97 bits per heavy atom. The molecule has 0 atom stereocenters. The zero-order valence-electron chi connectivity index (χ0n) is 18.5. The molecule has 1 aromatic heterocycles. The van der Waals surface area contributed by atoms with Crippen LogP contribution in [0.5, 0.6) is 5.75 Å². The fraction of sp³-hybridized carbons (Fsp3) is 0.500. The van der Waals surface area contributed by atoms with Crippen LogP contribution in [0.25, 0.3) is 0 Å². The van der Waals surface area contributed by atoms with Gasteiger partial charge >= 0.3 is 0 Å². The van der Waals surface area contributed by atoms with Crippen LogP contribution in [0.2, 0.25) is 0 Å². The lowest BCUT2D eigenvalue weighted by molar-refractivity contribution is 0.0322. The number of ether oxygens (including phenoxy) is 2. The first-order valence-corrected chi connectivity index (χ1v) is 10.9. The number of aryl methyl sites for hydroxylation is 1. The van der Waals surface area contributed by atoms with E-state index in [4.69, 9.17) is 14.5 Å².